The van der Waals surface area contributed by atoms with Crippen LogP contribution in [-0.4, -0.2) is 54.9 Å². The highest BCUT2D eigenvalue weighted by atomic mass is 16.6. The van der Waals surface area contributed by atoms with Gasteiger partial charge in [0.2, 0.25) is 6.04 Å². The summed E-state index contributed by atoms with van der Waals surface area (Å²) in [5.74, 6) is 0. The average molecular weight is 291 g/mol. The van der Waals surface area contributed by atoms with Crippen molar-refractivity contribution in [3.8, 4) is 0 Å². The molecule has 1 saturated heterocycles. The molecule has 8 nitrogen and oxygen atoms in total. The normalized spacial score (nSPS) is 26.2. The number of likely N-dealkylation sites (tertiary alicyclic amines) is 1. The van der Waals surface area contributed by atoms with Crippen molar-refractivity contribution in [2.75, 3.05) is 13.1 Å². The summed E-state index contributed by atoms with van der Waals surface area (Å²) in [6.07, 6.45) is 8.27. The molecule has 1 fully saturated rings. The fraction of sp³-hybridized carbons (Fsp3) is 0.538. The molecule has 2 atom stereocenters. The van der Waals surface area contributed by atoms with Gasteiger partial charge in [0.1, 0.15) is 12.7 Å². The van der Waals surface area contributed by atoms with E-state index in [0.29, 0.717) is 13.0 Å². The number of hydrogen-bond acceptors (Lipinski definition) is 6. The van der Waals surface area contributed by atoms with E-state index in [9.17, 15) is 15.2 Å². The molecule has 0 aromatic carbocycles. The number of rotatable bonds is 3. The van der Waals surface area contributed by atoms with Crippen LogP contribution < -0.4 is 0 Å². The van der Waals surface area contributed by atoms with E-state index in [1.165, 1.54) is 12.7 Å². The number of β-amino-alcohol motifs (C(OH)–C–C–N with tert-alkyl or cyclic N) is 1. The molecule has 3 rings (SSSR count). The number of nitro groups is 1. The van der Waals surface area contributed by atoms with Crippen molar-refractivity contribution in [1.29, 1.82) is 0 Å². The molecule has 1 unspecified atom stereocenters. The van der Waals surface area contributed by atoms with Crippen LogP contribution in [-0.2, 0) is 0 Å². The fourth-order valence-electron chi connectivity index (χ4n) is 2.80. The van der Waals surface area contributed by atoms with Gasteiger partial charge in [-0.3, -0.25) is 14.7 Å². The van der Waals surface area contributed by atoms with Crippen LogP contribution in [0.15, 0.2) is 30.5 Å². The van der Waals surface area contributed by atoms with Gasteiger partial charge >= 0.3 is 0 Å². The largest absolute Gasteiger partial charge is 0.391 e. The summed E-state index contributed by atoms with van der Waals surface area (Å²) in [5.41, 5.74) is 1.59. The Morgan fingerprint density at radius 3 is 2.81 bits per heavy atom. The van der Waals surface area contributed by atoms with E-state index >= 15 is 0 Å². The van der Waals surface area contributed by atoms with Crippen LogP contribution in [0.2, 0.25) is 0 Å². The van der Waals surface area contributed by atoms with Gasteiger partial charge in [0, 0.05) is 35.5 Å². The molecule has 21 heavy (non-hydrogen) atoms. The van der Waals surface area contributed by atoms with Crippen molar-refractivity contribution < 1.29 is 10.0 Å². The second-order valence-corrected chi connectivity index (χ2v) is 5.40. The lowest BCUT2D eigenvalue weighted by Crippen LogP contribution is -2.38. The van der Waals surface area contributed by atoms with E-state index in [1.54, 1.807) is 10.6 Å². The van der Waals surface area contributed by atoms with Gasteiger partial charge in [-0.15, -0.1) is 10.2 Å². The standard InChI is InChI=1S/C13H17N5O3/c19-13-2-1-3-16(7-13)10-4-11(17-8-14-15-9-17)6-12(5-10)18(20)21/h4-5,8-9,12-13,19H,1-3,6-7H2/t12?,13-/m0/s1. The van der Waals surface area contributed by atoms with Crippen molar-refractivity contribution >= 4 is 5.70 Å². The first-order chi connectivity index (χ1) is 10.1. The molecule has 1 N–H and O–H groups in total. The number of allylic oxidation sites excluding steroid dienone is 1. The highest BCUT2D eigenvalue weighted by molar-refractivity contribution is 5.54. The molecular weight excluding hydrogens is 274 g/mol. The van der Waals surface area contributed by atoms with Crippen LogP contribution in [0.5, 0.6) is 0 Å². The molecule has 112 valence electrons. The van der Waals surface area contributed by atoms with Gasteiger partial charge in [-0.1, -0.05) is 0 Å². The quantitative estimate of drug-likeness (QED) is 0.643. The van der Waals surface area contributed by atoms with Gasteiger partial charge < -0.3 is 10.0 Å². The van der Waals surface area contributed by atoms with Crippen LogP contribution >= 0.6 is 0 Å². The third-order valence-electron chi connectivity index (χ3n) is 3.88. The summed E-state index contributed by atoms with van der Waals surface area (Å²) in [6, 6.07) is -0.763. The highest BCUT2D eigenvalue weighted by Crippen LogP contribution is 2.27. The Kier molecular flexibility index (Phi) is 3.70. The van der Waals surface area contributed by atoms with Gasteiger partial charge in [0.15, 0.2) is 0 Å². The molecule has 0 radical (unpaired) electrons. The van der Waals surface area contributed by atoms with E-state index in [4.69, 9.17) is 0 Å². The maximum atomic E-state index is 11.2. The van der Waals surface area contributed by atoms with Gasteiger partial charge in [0.25, 0.3) is 0 Å². The van der Waals surface area contributed by atoms with Crippen molar-refractivity contribution in [3.05, 3.63) is 40.6 Å². The zero-order valence-corrected chi connectivity index (χ0v) is 11.5. The smallest absolute Gasteiger partial charge is 0.239 e. The summed E-state index contributed by atoms with van der Waals surface area (Å²) in [7, 11) is 0. The highest BCUT2D eigenvalue weighted by Gasteiger charge is 2.28. The SMILES string of the molecule is O=[N+]([O-])C1C=C(N2CCC[C@H](O)C2)C=C(n2cnnc2)C1. The molecule has 2 aliphatic rings. The van der Waals surface area contributed by atoms with Crippen LogP contribution in [0, 0.1) is 10.1 Å². The minimum Gasteiger partial charge on any atom is -0.391 e. The van der Waals surface area contributed by atoms with Crippen LogP contribution in [0.1, 0.15) is 19.3 Å². The maximum Gasteiger partial charge on any atom is 0.239 e. The minimum atomic E-state index is -0.763. The Bertz CT molecular complexity index is 581. The minimum absolute atomic E-state index is 0.280. The summed E-state index contributed by atoms with van der Waals surface area (Å²) in [5, 5.41) is 28.5. The molecule has 1 aromatic heterocycles. The Morgan fingerprint density at radius 2 is 2.14 bits per heavy atom. The first-order valence-corrected chi connectivity index (χ1v) is 6.97. The monoisotopic (exact) mass is 291 g/mol. The van der Waals surface area contributed by atoms with E-state index in [1.807, 2.05) is 11.0 Å². The molecule has 2 heterocycles. The Balaban J connectivity index is 1.89. The van der Waals surface area contributed by atoms with Gasteiger partial charge in [-0.2, -0.15) is 0 Å². The summed E-state index contributed by atoms with van der Waals surface area (Å²) < 4.78 is 1.70. The second kappa shape index (κ2) is 5.65. The van der Waals surface area contributed by atoms with E-state index < -0.39 is 6.04 Å². The third kappa shape index (κ3) is 2.94. The first-order valence-electron chi connectivity index (χ1n) is 6.97. The zero-order chi connectivity index (χ0) is 14.8. The Morgan fingerprint density at radius 1 is 1.38 bits per heavy atom. The number of aliphatic hydroxyl groups excluding tert-OH is 1. The lowest BCUT2D eigenvalue weighted by Gasteiger charge is -2.34. The molecule has 0 amide bonds. The van der Waals surface area contributed by atoms with Crippen LogP contribution in [0.3, 0.4) is 0 Å². The number of nitrogens with zero attached hydrogens (tertiary/aromatic N) is 5. The lowest BCUT2D eigenvalue weighted by atomic mass is 10.0. The van der Waals surface area contributed by atoms with Gasteiger partial charge in [0.05, 0.1) is 12.5 Å². The van der Waals surface area contributed by atoms with Crippen molar-refractivity contribution in [1.82, 2.24) is 19.7 Å². The molecular formula is C13H17N5O3. The molecule has 0 saturated carbocycles. The second-order valence-electron chi connectivity index (χ2n) is 5.40. The van der Waals surface area contributed by atoms with Crippen LogP contribution in [0.25, 0.3) is 5.70 Å². The zero-order valence-electron chi connectivity index (χ0n) is 11.5. The van der Waals surface area contributed by atoms with Crippen molar-refractivity contribution in [2.24, 2.45) is 0 Å². The molecule has 1 aliphatic heterocycles. The van der Waals surface area contributed by atoms with Crippen molar-refractivity contribution in [3.63, 3.8) is 0 Å². The summed E-state index contributed by atoms with van der Waals surface area (Å²) >= 11 is 0. The van der Waals surface area contributed by atoms with E-state index in [-0.39, 0.29) is 11.0 Å². The molecule has 8 heteroatoms. The molecule has 1 aliphatic carbocycles. The fourth-order valence-corrected chi connectivity index (χ4v) is 2.80. The van der Waals surface area contributed by atoms with Gasteiger partial charge in [-0.25, -0.2) is 0 Å². The number of aliphatic hydroxyl groups is 1. The lowest BCUT2D eigenvalue weighted by molar-refractivity contribution is -0.508. The maximum absolute atomic E-state index is 11.2. The van der Waals surface area contributed by atoms with Crippen molar-refractivity contribution in [2.45, 2.75) is 31.4 Å². The third-order valence-corrected chi connectivity index (χ3v) is 3.88. The topological polar surface area (TPSA) is 97.3 Å². The molecule has 1 aromatic rings. The number of hydrogen-bond donors (Lipinski definition) is 1. The molecule has 0 bridgehead atoms. The average Bonchev–Trinajstić information content (AvgIpc) is 3.01. The number of piperidine rings is 1. The van der Waals surface area contributed by atoms with Gasteiger partial charge in [-0.05, 0) is 18.9 Å². The first kappa shape index (κ1) is 13.7. The molecule has 0 spiro atoms. The van der Waals surface area contributed by atoms with E-state index in [2.05, 4.69) is 10.2 Å². The summed E-state index contributed by atoms with van der Waals surface area (Å²) in [6.45, 7) is 1.32. The summed E-state index contributed by atoms with van der Waals surface area (Å²) in [4.78, 5) is 12.9. The van der Waals surface area contributed by atoms with Crippen LogP contribution in [0.4, 0.5) is 0 Å². The predicted molar refractivity (Wildman–Crippen MR) is 74.6 cm³/mol. The Labute approximate surface area is 121 Å². The van der Waals surface area contributed by atoms with E-state index in [0.717, 1.165) is 30.8 Å². The predicted octanol–water partition coefficient (Wildman–Crippen LogP) is 0.509. The Hall–Kier alpha value is -2.22. The number of aromatic nitrogens is 3.